The summed E-state index contributed by atoms with van der Waals surface area (Å²) in [7, 11) is 0. The minimum Gasteiger partial charge on any atom is -0.487 e. The number of amides is 2. The molecule has 1 atom stereocenters. The zero-order chi connectivity index (χ0) is 18.9. The van der Waals surface area contributed by atoms with E-state index in [0.717, 1.165) is 56.5 Å². The molecular weight excluding hydrogens is 340 g/mol. The number of hydrogen-bond donors (Lipinski definition) is 1. The van der Waals surface area contributed by atoms with Crippen molar-refractivity contribution in [3.8, 4) is 5.75 Å². The van der Waals surface area contributed by atoms with Crippen LogP contribution in [-0.4, -0.2) is 41.4 Å². The fourth-order valence-electron chi connectivity index (χ4n) is 4.68. The number of fused-ring (bicyclic) bond motifs is 1. The van der Waals surface area contributed by atoms with Crippen LogP contribution >= 0.6 is 0 Å². The molecule has 1 saturated heterocycles. The Balaban J connectivity index is 1.48. The van der Waals surface area contributed by atoms with Gasteiger partial charge >= 0.3 is 0 Å². The molecule has 1 N–H and O–H groups in total. The van der Waals surface area contributed by atoms with Crippen LogP contribution in [0.25, 0.3) is 0 Å². The standard InChI is InChI=1S/C22H30N2O3/c1-2-21(26)24-12-10-22(11-13-24)15-16(14-20(25)23-17-6-5-7-17)18-8-3-4-9-19(18)27-22/h3-4,8-9,16-17H,2,5-7,10-15H2,1H3,(H,23,25)/t16-/m0/s1. The van der Waals surface area contributed by atoms with Gasteiger partial charge in [-0.1, -0.05) is 25.1 Å². The lowest BCUT2D eigenvalue weighted by atomic mass is 9.76. The minimum absolute atomic E-state index is 0.162. The van der Waals surface area contributed by atoms with E-state index in [1.807, 2.05) is 30.0 Å². The normalized spacial score (nSPS) is 23.9. The lowest BCUT2D eigenvalue weighted by Crippen LogP contribution is -2.52. The first-order chi connectivity index (χ1) is 13.1. The molecule has 1 aromatic rings. The predicted octanol–water partition coefficient (Wildman–Crippen LogP) is 3.38. The van der Waals surface area contributed by atoms with Crippen molar-refractivity contribution < 1.29 is 14.3 Å². The number of carbonyl (C=O) groups excluding carboxylic acids is 2. The molecule has 5 heteroatoms. The maximum Gasteiger partial charge on any atom is 0.222 e. The summed E-state index contributed by atoms with van der Waals surface area (Å²) in [6, 6.07) is 8.53. The van der Waals surface area contributed by atoms with Crippen LogP contribution in [0.5, 0.6) is 5.75 Å². The third-order valence-electron chi connectivity index (χ3n) is 6.54. The van der Waals surface area contributed by atoms with E-state index in [0.29, 0.717) is 18.9 Å². The van der Waals surface area contributed by atoms with Crippen LogP contribution in [0.1, 0.15) is 69.8 Å². The number of para-hydroxylation sites is 1. The molecule has 1 spiro atoms. The van der Waals surface area contributed by atoms with Crippen molar-refractivity contribution in [3.63, 3.8) is 0 Å². The molecule has 3 aliphatic rings. The summed E-state index contributed by atoms with van der Waals surface area (Å²) in [6.07, 6.45) is 7.07. The largest absolute Gasteiger partial charge is 0.487 e. The quantitative estimate of drug-likeness (QED) is 0.884. The van der Waals surface area contributed by atoms with Gasteiger partial charge in [0.25, 0.3) is 0 Å². The highest BCUT2D eigenvalue weighted by atomic mass is 16.5. The van der Waals surface area contributed by atoms with Crippen LogP contribution in [-0.2, 0) is 9.59 Å². The Bertz CT molecular complexity index is 705. The van der Waals surface area contributed by atoms with E-state index < -0.39 is 0 Å². The van der Waals surface area contributed by atoms with E-state index in [4.69, 9.17) is 4.74 Å². The van der Waals surface area contributed by atoms with Crippen molar-refractivity contribution in [2.24, 2.45) is 0 Å². The molecular formula is C22H30N2O3. The van der Waals surface area contributed by atoms with Crippen LogP contribution in [0.15, 0.2) is 24.3 Å². The summed E-state index contributed by atoms with van der Waals surface area (Å²) >= 11 is 0. The lowest BCUT2D eigenvalue weighted by Gasteiger charge is -2.47. The predicted molar refractivity (Wildman–Crippen MR) is 104 cm³/mol. The molecule has 146 valence electrons. The Labute approximate surface area is 161 Å². The number of nitrogens with one attached hydrogen (secondary N) is 1. The topological polar surface area (TPSA) is 58.6 Å². The van der Waals surface area contributed by atoms with E-state index in [-0.39, 0.29) is 23.3 Å². The first kappa shape index (κ1) is 18.3. The Morgan fingerprint density at radius 1 is 1.22 bits per heavy atom. The number of rotatable bonds is 4. The number of likely N-dealkylation sites (tertiary alicyclic amines) is 1. The van der Waals surface area contributed by atoms with Crippen molar-refractivity contribution in [1.82, 2.24) is 10.2 Å². The van der Waals surface area contributed by atoms with Crippen LogP contribution < -0.4 is 10.1 Å². The number of nitrogens with zero attached hydrogens (tertiary/aromatic N) is 1. The van der Waals surface area contributed by atoms with Gasteiger partial charge in [-0.2, -0.15) is 0 Å². The van der Waals surface area contributed by atoms with Gasteiger partial charge in [0.1, 0.15) is 11.4 Å². The third kappa shape index (κ3) is 3.83. The van der Waals surface area contributed by atoms with Gasteiger partial charge in [-0.05, 0) is 37.3 Å². The first-order valence-corrected chi connectivity index (χ1v) is 10.4. The van der Waals surface area contributed by atoms with Gasteiger partial charge in [0.05, 0.1) is 0 Å². The number of carbonyl (C=O) groups is 2. The van der Waals surface area contributed by atoms with E-state index in [2.05, 4.69) is 11.4 Å². The summed E-state index contributed by atoms with van der Waals surface area (Å²) in [6.45, 7) is 3.41. The highest BCUT2D eigenvalue weighted by molar-refractivity contribution is 5.77. The number of ether oxygens (including phenoxy) is 1. The molecule has 2 heterocycles. The van der Waals surface area contributed by atoms with E-state index in [1.54, 1.807) is 0 Å². The van der Waals surface area contributed by atoms with Gasteiger partial charge in [0, 0.05) is 50.7 Å². The molecule has 5 nitrogen and oxygen atoms in total. The van der Waals surface area contributed by atoms with Crippen LogP contribution in [0.3, 0.4) is 0 Å². The van der Waals surface area contributed by atoms with E-state index >= 15 is 0 Å². The highest BCUT2D eigenvalue weighted by Crippen LogP contribution is 2.46. The minimum atomic E-state index is -0.250. The van der Waals surface area contributed by atoms with Gasteiger partial charge in [-0.25, -0.2) is 0 Å². The fraction of sp³-hybridized carbons (Fsp3) is 0.636. The van der Waals surface area contributed by atoms with Gasteiger partial charge in [0.15, 0.2) is 0 Å². The molecule has 0 unspecified atom stereocenters. The van der Waals surface area contributed by atoms with E-state index in [1.165, 1.54) is 6.42 Å². The summed E-state index contributed by atoms with van der Waals surface area (Å²) in [5.74, 6) is 1.48. The molecule has 4 rings (SSSR count). The summed E-state index contributed by atoms with van der Waals surface area (Å²) in [5, 5.41) is 3.18. The molecule has 1 aliphatic carbocycles. The second-order valence-corrected chi connectivity index (χ2v) is 8.36. The Kier molecular flexibility index (Phi) is 5.11. The zero-order valence-corrected chi connectivity index (χ0v) is 16.2. The maximum absolute atomic E-state index is 12.6. The summed E-state index contributed by atoms with van der Waals surface area (Å²) in [5.41, 5.74) is 0.902. The summed E-state index contributed by atoms with van der Waals surface area (Å²) in [4.78, 5) is 26.5. The van der Waals surface area contributed by atoms with Crippen molar-refractivity contribution in [2.45, 2.75) is 75.9 Å². The maximum atomic E-state index is 12.6. The fourth-order valence-corrected chi connectivity index (χ4v) is 4.68. The first-order valence-electron chi connectivity index (χ1n) is 10.4. The monoisotopic (exact) mass is 370 g/mol. The molecule has 1 saturated carbocycles. The average molecular weight is 370 g/mol. The Morgan fingerprint density at radius 2 is 1.96 bits per heavy atom. The Hall–Kier alpha value is -2.04. The van der Waals surface area contributed by atoms with E-state index in [9.17, 15) is 9.59 Å². The van der Waals surface area contributed by atoms with Crippen molar-refractivity contribution in [2.75, 3.05) is 13.1 Å². The van der Waals surface area contributed by atoms with Gasteiger partial charge in [0.2, 0.25) is 11.8 Å². The highest BCUT2D eigenvalue weighted by Gasteiger charge is 2.44. The molecule has 0 bridgehead atoms. The van der Waals surface area contributed by atoms with Crippen molar-refractivity contribution in [3.05, 3.63) is 29.8 Å². The third-order valence-corrected chi connectivity index (χ3v) is 6.54. The van der Waals surface area contributed by atoms with Crippen molar-refractivity contribution in [1.29, 1.82) is 0 Å². The SMILES string of the molecule is CCC(=O)N1CCC2(CC1)C[C@H](CC(=O)NC1CCC1)c1ccccc1O2. The number of benzene rings is 1. The van der Waals surface area contributed by atoms with Gasteiger partial charge < -0.3 is 15.0 Å². The summed E-state index contributed by atoms with van der Waals surface area (Å²) < 4.78 is 6.48. The molecule has 0 aromatic heterocycles. The zero-order valence-electron chi connectivity index (χ0n) is 16.2. The van der Waals surface area contributed by atoms with Crippen LogP contribution in [0.2, 0.25) is 0 Å². The molecule has 2 amide bonds. The molecule has 27 heavy (non-hydrogen) atoms. The van der Waals surface area contributed by atoms with Crippen LogP contribution in [0, 0.1) is 0 Å². The average Bonchev–Trinajstić information content (AvgIpc) is 2.65. The van der Waals surface area contributed by atoms with Gasteiger partial charge in [-0.15, -0.1) is 0 Å². The van der Waals surface area contributed by atoms with Crippen molar-refractivity contribution >= 4 is 11.8 Å². The molecule has 2 aliphatic heterocycles. The molecule has 0 radical (unpaired) electrons. The van der Waals surface area contributed by atoms with Gasteiger partial charge in [-0.3, -0.25) is 9.59 Å². The van der Waals surface area contributed by atoms with Crippen LogP contribution in [0.4, 0.5) is 0 Å². The second kappa shape index (κ2) is 7.53. The molecule has 1 aromatic carbocycles. The Morgan fingerprint density at radius 3 is 2.63 bits per heavy atom. The number of hydrogen-bond acceptors (Lipinski definition) is 3. The molecule has 2 fully saturated rings. The second-order valence-electron chi connectivity index (χ2n) is 8.36. The smallest absolute Gasteiger partial charge is 0.222 e. The lowest BCUT2D eigenvalue weighted by molar-refractivity contribution is -0.135. The number of piperidine rings is 1.